The zero-order valence-corrected chi connectivity index (χ0v) is 14.9. The van der Waals surface area contributed by atoms with Crippen molar-refractivity contribution >= 4 is 21.4 Å². The fraction of sp³-hybridized carbons (Fsp3) is 0.211. The number of ether oxygens (including phenoxy) is 1. The van der Waals surface area contributed by atoms with Crippen LogP contribution in [0.4, 0.5) is 5.69 Å². The van der Waals surface area contributed by atoms with Crippen molar-refractivity contribution < 1.29 is 17.9 Å². The number of aryl methyl sites for hydroxylation is 1. The minimum absolute atomic E-state index is 0.114. The van der Waals surface area contributed by atoms with Crippen LogP contribution in [0.3, 0.4) is 0 Å². The second kappa shape index (κ2) is 6.72. The van der Waals surface area contributed by atoms with E-state index in [-0.39, 0.29) is 11.7 Å². The van der Waals surface area contributed by atoms with E-state index in [9.17, 15) is 13.2 Å². The van der Waals surface area contributed by atoms with E-state index < -0.39 is 15.9 Å². The van der Waals surface area contributed by atoms with E-state index in [1.54, 1.807) is 30.3 Å². The van der Waals surface area contributed by atoms with Crippen LogP contribution in [-0.2, 0) is 9.84 Å². The largest absolute Gasteiger partial charge is 0.497 e. The van der Waals surface area contributed by atoms with Gasteiger partial charge in [-0.25, -0.2) is 8.42 Å². The third kappa shape index (κ3) is 3.74. The minimum Gasteiger partial charge on any atom is -0.497 e. The number of hydrogen-bond acceptors (Lipinski definition) is 4. The Morgan fingerprint density at radius 3 is 2.48 bits per heavy atom. The molecule has 2 aromatic carbocycles. The lowest BCUT2D eigenvalue weighted by atomic mass is 10.1. The first-order chi connectivity index (χ1) is 11.9. The van der Waals surface area contributed by atoms with Gasteiger partial charge >= 0.3 is 0 Å². The summed E-state index contributed by atoms with van der Waals surface area (Å²) < 4.78 is 28.9. The highest BCUT2D eigenvalue weighted by molar-refractivity contribution is 7.94. The number of benzene rings is 2. The van der Waals surface area contributed by atoms with Gasteiger partial charge in [0.05, 0.1) is 18.9 Å². The van der Waals surface area contributed by atoms with Crippen LogP contribution in [0, 0.1) is 6.92 Å². The lowest BCUT2D eigenvalue weighted by Gasteiger charge is -2.28. The van der Waals surface area contributed by atoms with Gasteiger partial charge in [0.25, 0.3) is 5.91 Å². The molecule has 1 heterocycles. The minimum atomic E-state index is -3.28. The molecule has 0 spiro atoms. The fourth-order valence-electron chi connectivity index (χ4n) is 2.78. The normalized spacial score (nSPS) is 18.1. The molecule has 0 saturated carbocycles. The van der Waals surface area contributed by atoms with E-state index in [1.165, 1.54) is 17.4 Å². The van der Waals surface area contributed by atoms with Gasteiger partial charge in [0.1, 0.15) is 5.75 Å². The molecular formula is C19H19NO4S. The van der Waals surface area contributed by atoms with Crippen LogP contribution < -0.4 is 9.64 Å². The van der Waals surface area contributed by atoms with Crippen molar-refractivity contribution in [2.24, 2.45) is 0 Å². The molecular weight excluding hydrogens is 338 g/mol. The highest BCUT2D eigenvalue weighted by Gasteiger charge is 2.32. The summed E-state index contributed by atoms with van der Waals surface area (Å²) in [4.78, 5) is 14.7. The average molecular weight is 357 g/mol. The van der Waals surface area contributed by atoms with Gasteiger partial charge in [-0.2, -0.15) is 0 Å². The predicted octanol–water partition coefficient (Wildman–Crippen LogP) is 2.96. The van der Waals surface area contributed by atoms with Crippen molar-refractivity contribution in [1.29, 1.82) is 0 Å². The molecule has 0 aromatic heterocycles. The highest BCUT2D eigenvalue weighted by atomic mass is 32.2. The molecule has 0 saturated heterocycles. The van der Waals surface area contributed by atoms with E-state index in [4.69, 9.17) is 4.74 Å². The average Bonchev–Trinajstić information content (AvgIpc) is 2.96. The van der Waals surface area contributed by atoms with Crippen molar-refractivity contribution in [1.82, 2.24) is 0 Å². The molecule has 2 aromatic rings. The molecule has 0 fully saturated rings. The van der Waals surface area contributed by atoms with Crippen LogP contribution in [0.25, 0.3) is 0 Å². The van der Waals surface area contributed by atoms with Gasteiger partial charge in [0.15, 0.2) is 9.84 Å². The Kier molecular flexibility index (Phi) is 4.63. The van der Waals surface area contributed by atoms with Crippen molar-refractivity contribution in [3.05, 3.63) is 71.1 Å². The Labute approximate surface area is 147 Å². The van der Waals surface area contributed by atoms with Gasteiger partial charge in [-0.05, 0) is 43.3 Å². The van der Waals surface area contributed by atoms with Crippen molar-refractivity contribution in [3.8, 4) is 5.75 Å². The number of rotatable bonds is 4. The molecule has 1 atom stereocenters. The number of anilines is 1. The number of sulfone groups is 1. The van der Waals surface area contributed by atoms with Gasteiger partial charge in [-0.1, -0.05) is 23.8 Å². The summed E-state index contributed by atoms with van der Waals surface area (Å²) >= 11 is 0. The van der Waals surface area contributed by atoms with E-state index in [0.717, 1.165) is 5.56 Å². The summed E-state index contributed by atoms with van der Waals surface area (Å²) in [6.07, 6.45) is 1.56. The molecule has 1 aliphatic rings. The summed E-state index contributed by atoms with van der Waals surface area (Å²) in [5, 5.41) is 1.18. The van der Waals surface area contributed by atoms with Crippen molar-refractivity contribution in [2.75, 3.05) is 17.8 Å². The quantitative estimate of drug-likeness (QED) is 0.844. The Bertz CT molecular complexity index is 917. The van der Waals surface area contributed by atoms with Crippen LogP contribution in [0.2, 0.25) is 0 Å². The lowest BCUT2D eigenvalue weighted by molar-refractivity contribution is 0.0983. The van der Waals surface area contributed by atoms with Gasteiger partial charge in [0.2, 0.25) is 0 Å². The molecule has 1 aliphatic heterocycles. The SMILES string of the molecule is COc1cccc(C(=O)N(c2ccc(C)cc2)[C@H]2C=CS(=O)(=O)C2)c1. The summed E-state index contributed by atoms with van der Waals surface area (Å²) in [6.45, 7) is 1.96. The molecule has 0 N–H and O–H groups in total. The number of amides is 1. The number of methoxy groups -OCH3 is 1. The molecule has 5 nitrogen and oxygen atoms in total. The maximum atomic E-state index is 13.1. The smallest absolute Gasteiger partial charge is 0.258 e. The summed E-state index contributed by atoms with van der Waals surface area (Å²) in [5.41, 5.74) is 2.16. The second-order valence-corrected chi connectivity index (χ2v) is 7.90. The van der Waals surface area contributed by atoms with Crippen LogP contribution in [-0.4, -0.2) is 33.2 Å². The molecule has 6 heteroatoms. The van der Waals surface area contributed by atoms with E-state index in [0.29, 0.717) is 17.0 Å². The first-order valence-corrected chi connectivity index (χ1v) is 9.56. The standard InChI is InChI=1S/C19H19NO4S/c1-14-6-8-16(9-7-14)20(17-10-11-25(22,23)13-17)19(21)15-4-3-5-18(12-15)24-2/h3-12,17H,13H2,1-2H3/t17-/m0/s1. The van der Waals surface area contributed by atoms with Crippen molar-refractivity contribution in [3.63, 3.8) is 0 Å². The number of carbonyl (C=O) groups excluding carboxylic acids is 1. The Morgan fingerprint density at radius 1 is 1.16 bits per heavy atom. The number of nitrogens with zero attached hydrogens (tertiary/aromatic N) is 1. The van der Waals surface area contributed by atoms with Gasteiger partial charge in [-0.3, -0.25) is 4.79 Å². The zero-order valence-electron chi connectivity index (χ0n) is 14.0. The van der Waals surface area contributed by atoms with Crippen molar-refractivity contribution in [2.45, 2.75) is 13.0 Å². The summed E-state index contributed by atoms with van der Waals surface area (Å²) in [7, 11) is -1.75. The predicted molar refractivity (Wildman–Crippen MR) is 97.7 cm³/mol. The highest BCUT2D eigenvalue weighted by Crippen LogP contribution is 2.26. The van der Waals surface area contributed by atoms with Crippen LogP contribution >= 0.6 is 0 Å². The number of hydrogen-bond donors (Lipinski definition) is 0. The van der Waals surface area contributed by atoms with Crippen LogP contribution in [0.15, 0.2) is 60.0 Å². The second-order valence-electron chi connectivity index (χ2n) is 5.97. The molecule has 0 radical (unpaired) electrons. The van der Waals surface area contributed by atoms with Crippen LogP contribution in [0.5, 0.6) is 5.75 Å². The van der Waals surface area contributed by atoms with E-state index in [1.807, 2.05) is 31.2 Å². The third-order valence-corrected chi connectivity index (χ3v) is 5.47. The topological polar surface area (TPSA) is 63.7 Å². The molecule has 130 valence electrons. The summed E-state index contributed by atoms with van der Waals surface area (Å²) in [5.74, 6) is 0.190. The number of carbonyl (C=O) groups is 1. The maximum absolute atomic E-state index is 13.1. The Hall–Kier alpha value is -2.60. The third-order valence-electron chi connectivity index (χ3n) is 4.09. The molecule has 3 rings (SSSR count). The first kappa shape index (κ1) is 17.2. The van der Waals surface area contributed by atoms with Gasteiger partial charge in [-0.15, -0.1) is 0 Å². The van der Waals surface area contributed by atoms with Crippen LogP contribution in [0.1, 0.15) is 15.9 Å². The van der Waals surface area contributed by atoms with E-state index >= 15 is 0 Å². The summed E-state index contributed by atoms with van der Waals surface area (Å²) in [6, 6.07) is 13.7. The lowest BCUT2D eigenvalue weighted by Crippen LogP contribution is -2.41. The molecule has 0 unspecified atom stereocenters. The molecule has 25 heavy (non-hydrogen) atoms. The fourth-order valence-corrected chi connectivity index (χ4v) is 4.05. The Morgan fingerprint density at radius 2 is 1.88 bits per heavy atom. The first-order valence-electron chi connectivity index (χ1n) is 7.85. The monoisotopic (exact) mass is 357 g/mol. The van der Waals surface area contributed by atoms with E-state index in [2.05, 4.69) is 0 Å². The van der Waals surface area contributed by atoms with Gasteiger partial charge < -0.3 is 9.64 Å². The zero-order chi connectivity index (χ0) is 18.0. The molecule has 0 bridgehead atoms. The van der Waals surface area contributed by atoms with Gasteiger partial charge in [0, 0.05) is 16.7 Å². The molecule has 0 aliphatic carbocycles. The Balaban J connectivity index is 2.02. The maximum Gasteiger partial charge on any atom is 0.258 e. The molecule has 1 amide bonds.